The van der Waals surface area contributed by atoms with Gasteiger partial charge in [-0.3, -0.25) is 4.90 Å². The van der Waals surface area contributed by atoms with Crippen molar-refractivity contribution in [3.05, 3.63) is 107 Å². The third-order valence-electron chi connectivity index (χ3n) is 5.73. The fraction of sp³-hybridized carbons (Fsp3) is 0.333. The first-order valence-corrected chi connectivity index (χ1v) is 12.4. The van der Waals surface area contributed by atoms with Crippen LogP contribution in [-0.2, 0) is 18.5 Å². The maximum Gasteiger partial charge on any atom is 0.119 e. The van der Waals surface area contributed by atoms with E-state index in [1.165, 1.54) is 11.1 Å². The minimum absolute atomic E-state index is 0.151. The van der Waals surface area contributed by atoms with Gasteiger partial charge in [0.25, 0.3) is 0 Å². The number of hydrogen-bond acceptors (Lipinski definition) is 4. The number of halogens is 1. The molecule has 0 saturated heterocycles. The lowest BCUT2D eigenvalue weighted by molar-refractivity contribution is 0.117. The van der Waals surface area contributed by atoms with Gasteiger partial charge < -0.3 is 15.2 Å². The second-order valence-electron chi connectivity index (χ2n) is 9.91. The van der Waals surface area contributed by atoms with Crippen molar-refractivity contribution in [2.24, 2.45) is 0 Å². The number of rotatable bonds is 12. The Balaban J connectivity index is 1.53. The average molecular weight is 493 g/mol. The van der Waals surface area contributed by atoms with E-state index < -0.39 is 6.10 Å². The van der Waals surface area contributed by atoms with Crippen LogP contribution < -0.4 is 10.1 Å². The van der Waals surface area contributed by atoms with Crippen LogP contribution in [-0.4, -0.2) is 35.8 Å². The van der Waals surface area contributed by atoms with E-state index in [1.54, 1.807) is 0 Å². The van der Waals surface area contributed by atoms with Crippen LogP contribution in [0, 0.1) is 0 Å². The highest BCUT2D eigenvalue weighted by Gasteiger charge is 2.14. The molecule has 1 atom stereocenters. The Hall–Kier alpha value is -2.79. The monoisotopic (exact) mass is 492 g/mol. The standard InChI is InChI=1S/C30H37ClN2O2/c1-5-16-33(20-23-12-14-25(15-13-23)30(2,3)4)21-24-8-6-11-29(17-24)35-22-28(34)19-32-27-10-7-9-26(31)18-27/h5-15,17-18,28,32,34H,1,16,19-22H2,2-4H3. The third kappa shape index (κ3) is 9.06. The second kappa shape index (κ2) is 12.8. The molecule has 3 rings (SSSR count). The van der Waals surface area contributed by atoms with E-state index in [4.69, 9.17) is 16.3 Å². The molecule has 3 aromatic carbocycles. The van der Waals surface area contributed by atoms with E-state index in [0.717, 1.165) is 36.6 Å². The van der Waals surface area contributed by atoms with Crippen LogP contribution in [0.1, 0.15) is 37.5 Å². The summed E-state index contributed by atoms with van der Waals surface area (Å²) in [6.45, 7) is 13.6. The summed E-state index contributed by atoms with van der Waals surface area (Å²) < 4.78 is 5.87. The van der Waals surface area contributed by atoms with Crippen molar-refractivity contribution in [2.75, 3.05) is 25.0 Å². The van der Waals surface area contributed by atoms with E-state index in [9.17, 15) is 5.11 Å². The van der Waals surface area contributed by atoms with Crippen molar-refractivity contribution in [1.29, 1.82) is 0 Å². The molecule has 186 valence electrons. The number of benzene rings is 3. The molecule has 0 fully saturated rings. The largest absolute Gasteiger partial charge is 0.491 e. The summed E-state index contributed by atoms with van der Waals surface area (Å²) in [6.07, 6.45) is 1.29. The van der Waals surface area contributed by atoms with Gasteiger partial charge in [-0.15, -0.1) is 6.58 Å². The normalized spacial score (nSPS) is 12.4. The lowest BCUT2D eigenvalue weighted by atomic mass is 9.87. The van der Waals surface area contributed by atoms with Crippen molar-refractivity contribution >= 4 is 17.3 Å². The molecule has 3 aromatic rings. The number of ether oxygens (including phenoxy) is 1. The first-order valence-electron chi connectivity index (χ1n) is 12.0. The summed E-state index contributed by atoms with van der Waals surface area (Å²) in [4.78, 5) is 2.35. The van der Waals surface area contributed by atoms with Gasteiger partial charge >= 0.3 is 0 Å². The first-order chi connectivity index (χ1) is 16.7. The number of nitrogens with one attached hydrogen (secondary N) is 1. The average Bonchev–Trinajstić information content (AvgIpc) is 2.82. The summed E-state index contributed by atoms with van der Waals surface area (Å²) in [5.41, 5.74) is 4.79. The molecular weight excluding hydrogens is 456 g/mol. The summed E-state index contributed by atoms with van der Waals surface area (Å²) in [6, 6.07) is 24.4. The number of anilines is 1. The molecule has 0 spiro atoms. The van der Waals surface area contributed by atoms with Crippen LogP contribution in [0.15, 0.2) is 85.5 Å². The highest BCUT2D eigenvalue weighted by Crippen LogP contribution is 2.23. The first kappa shape index (κ1) is 26.8. The number of aliphatic hydroxyl groups is 1. The molecule has 5 heteroatoms. The topological polar surface area (TPSA) is 44.7 Å². The van der Waals surface area contributed by atoms with Gasteiger partial charge in [0.1, 0.15) is 18.5 Å². The zero-order chi connectivity index (χ0) is 25.3. The summed E-state index contributed by atoms with van der Waals surface area (Å²) in [5, 5.41) is 14.2. The Bertz CT molecular complexity index is 1080. The maximum atomic E-state index is 10.3. The lowest BCUT2D eigenvalue weighted by Gasteiger charge is -2.23. The van der Waals surface area contributed by atoms with Crippen LogP contribution >= 0.6 is 11.6 Å². The van der Waals surface area contributed by atoms with Crippen LogP contribution in [0.5, 0.6) is 5.75 Å². The highest BCUT2D eigenvalue weighted by atomic mass is 35.5. The quantitative estimate of drug-likeness (QED) is 0.277. The summed E-state index contributed by atoms with van der Waals surface area (Å²) in [5.74, 6) is 0.748. The highest BCUT2D eigenvalue weighted by molar-refractivity contribution is 6.30. The Morgan fingerprint density at radius 2 is 1.71 bits per heavy atom. The molecule has 0 aliphatic heterocycles. The van der Waals surface area contributed by atoms with Crippen molar-refractivity contribution in [3.8, 4) is 5.75 Å². The van der Waals surface area contributed by atoms with Crippen molar-refractivity contribution in [1.82, 2.24) is 4.90 Å². The smallest absolute Gasteiger partial charge is 0.119 e. The minimum Gasteiger partial charge on any atom is -0.491 e. The second-order valence-corrected chi connectivity index (χ2v) is 10.3. The molecule has 2 N–H and O–H groups in total. The SMILES string of the molecule is C=CCN(Cc1ccc(C(C)(C)C)cc1)Cc1cccc(OCC(O)CNc2cccc(Cl)c2)c1. The third-order valence-corrected chi connectivity index (χ3v) is 5.96. The molecule has 1 unspecified atom stereocenters. The van der Waals surface area contributed by atoms with Gasteiger partial charge in [-0.25, -0.2) is 0 Å². The summed E-state index contributed by atoms with van der Waals surface area (Å²) in [7, 11) is 0. The zero-order valence-corrected chi connectivity index (χ0v) is 21.8. The predicted octanol–water partition coefficient (Wildman–Crippen LogP) is 6.68. The van der Waals surface area contributed by atoms with Gasteiger partial charge in [-0.1, -0.05) is 80.9 Å². The lowest BCUT2D eigenvalue weighted by Crippen LogP contribution is -2.26. The van der Waals surface area contributed by atoms with Crippen LogP contribution in [0.25, 0.3) is 0 Å². The van der Waals surface area contributed by atoms with Crippen LogP contribution in [0.4, 0.5) is 5.69 Å². The van der Waals surface area contributed by atoms with E-state index in [1.807, 2.05) is 48.5 Å². The molecule has 0 saturated carbocycles. The number of hydrogen-bond donors (Lipinski definition) is 2. The van der Waals surface area contributed by atoms with Crippen molar-refractivity contribution in [2.45, 2.75) is 45.4 Å². The fourth-order valence-electron chi connectivity index (χ4n) is 3.81. The molecule has 0 heterocycles. The van der Waals surface area contributed by atoms with Gasteiger partial charge in [0.15, 0.2) is 0 Å². The van der Waals surface area contributed by atoms with Crippen LogP contribution in [0.2, 0.25) is 5.02 Å². The fourth-order valence-corrected chi connectivity index (χ4v) is 4.00. The molecule has 0 amide bonds. The Labute approximate surface area is 215 Å². The molecule has 0 aliphatic carbocycles. The van der Waals surface area contributed by atoms with Crippen LogP contribution in [0.3, 0.4) is 0 Å². The van der Waals surface area contributed by atoms with Gasteiger partial charge in [0.2, 0.25) is 0 Å². The molecule has 0 aromatic heterocycles. The van der Waals surface area contributed by atoms with Crippen molar-refractivity contribution < 1.29 is 9.84 Å². The molecule has 0 bridgehead atoms. The van der Waals surface area contributed by atoms with Gasteiger partial charge in [0.05, 0.1) is 0 Å². The molecule has 35 heavy (non-hydrogen) atoms. The molecule has 0 aliphatic rings. The predicted molar refractivity (Wildman–Crippen MR) is 147 cm³/mol. The van der Waals surface area contributed by atoms with E-state index in [2.05, 4.69) is 67.9 Å². The molecule has 0 radical (unpaired) electrons. The van der Waals surface area contributed by atoms with E-state index in [-0.39, 0.29) is 12.0 Å². The number of aliphatic hydroxyl groups excluding tert-OH is 1. The maximum absolute atomic E-state index is 10.3. The van der Waals surface area contributed by atoms with E-state index in [0.29, 0.717) is 11.6 Å². The van der Waals surface area contributed by atoms with Gasteiger partial charge in [-0.2, -0.15) is 0 Å². The number of nitrogens with zero attached hydrogens (tertiary/aromatic N) is 1. The Morgan fingerprint density at radius 1 is 1.00 bits per heavy atom. The summed E-state index contributed by atoms with van der Waals surface area (Å²) >= 11 is 6.00. The minimum atomic E-state index is -0.647. The Kier molecular flexibility index (Phi) is 9.79. The van der Waals surface area contributed by atoms with Gasteiger partial charge in [0, 0.05) is 36.9 Å². The van der Waals surface area contributed by atoms with Crippen molar-refractivity contribution in [3.63, 3.8) is 0 Å². The zero-order valence-electron chi connectivity index (χ0n) is 21.0. The molecule has 4 nitrogen and oxygen atoms in total. The van der Waals surface area contributed by atoms with Gasteiger partial charge in [-0.05, 0) is 52.4 Å². The Morgan fingerprint density at radius 3 is 2.40 bits per heavy atom. The molecular formula is C30H37ClN2O2. The van der Waals surface area contributed by atoms with E-state index >= 15 is 0 Å².